The van der Waals surface area contributed by atoms with Gasteiger partial charge in [-0.15, -0.1) is 0 Å². The van der Waals surface area contributed by atoms with Crippen LogP contribution in [0, 0.1) is 6.92 Å². The number of rotatable bonds is 5. The molecular weight excluding hydrogens is 320 g/mol. The Morgan fingerprint density at radius 3 is 2.88 bits per heavy atom. The fraction of sp³-hybridized carbons (Fsp3) is 0.471. The topological polar surface area (TPSA) is 93.1 Å². The number of aryl methyl sites for hydroxylation is 1. The van der Waals surface area contributed by atoms with Crippen LogP contribution in [0.25, 0.3) is 0 Å². The number of hydrogen-bond acceptors (Lipinski definition) is 7. The van der Waals surface area contributed by atoms with Crippen molar-refractivity contribution in [3.05, 3.63) is 36.0 Å². The smallest absolute Gasteiger partial charge is 0.249 e. The molecule has 1 saturated heterocycles. The van der Waals surface area contributed by atoms with E-state index in [1.54, 1.807) is 18.5 Å². The Morgan fingerprint density at radius 2 is 2.12 bits per heavy atom. The molecule has 8 nitrogen and oxygen atoms in total. The Labute approximate surface area is 146 Å². The molecule has 0 unspecified atom stereocenters. The first-order valence-electron chi connectivity index (χ1n) is 8.35. The van der Waals surface area contributed by atoms with E-state index in [1.807, 2.05) is 17.9 Å². The van der Waals surface area contributed by atoms with Crippen molar-refractivity contribution in [1.29, 1.82) is 0 Å². The van der Waals surface area contributed by atoms with Gasteiger partial charge in [0.25, 0.3) is 0 Å². The van der Waals surface area contributed by atoms with Gasteiger partial charge in [-0.3, -0.25) is 4.79 Å². The molecule has 0 spiro atoms. The van der Waals surface area contributed by atoms with Gasteiger partial charge in [0.05, 0.1) is 6.04 Å². The fourth-order valence-corrected chi connectivity index (χ4v) is 2.99. The zero-order valence-electron chi connectivity index (χ0n) is 14.5. The second-order valence-electron chi connectivity index (χ2n) is 5.98. The van der Waals surface area contributed by atoms with Gasteiger partial charge < -0.3 is 15.0 Å². The van der Waals surface area contributed by atoms with Gasteiger partial charge >= 0.3 is 0 Å². The number of carbonyl (C=O) groups is 1. The van der Waals surface area contributed by atoms with Crippen LogP contribution in [0.2, 0.25) is 0 Å². The number of piperidine rings is 1. The highest BCUT2D eigenvalue weighted by atomic mass is 16.5. The van der Waals surface area contributed by atoms with E-state index < -0.39 is 0 Å². The monoisotopic (exact) mass is 342 g/mol. The first-order valence-corrected chi connectivity index (χ1v) is 8.35. The molecule has 1 amide bonds. The standard InChI is InChI=1S/C17H22N6O2/c1-12-10-14(22-17-18-7-5-8-19-17)21-16(20-12)13-6-3-4-9-23(13)15(24)11-25-2/h5,7-8,10,13H,3-4,6,9,11H2,1-2H3,(H,18,19,20,21,22)/t13-/m0/s1. The summed E-state index contributed by atoms with van der Waals surface area (Å²) in [6.45, 7) is 2.69. The predicted octanol–water partition coefficient (Wildman–Crippen LogP) is 2.02. The van der Waals surface area contributed by atoms with Crippen molar-refractivity contribution < 1.29 is 9.53 Å². The van der Waals surface area contributed by atoms with E-state index in [1.165, 1.54) is 7.11 Å². The Morgan fingerprint density at radius 1 is 1.32 bits per heavy atom. The number of ether oxygens (including phenoxy) is 1. The normalized spacial score (nSPS) is 17.4. The summed E-state index contributed by atoms with van der Waals surface area (Å²) in [5.74, 6) is 1.71. The molecule has 1 N–H and O–H groups in total. The second kappa shape index (κ2) is 7.98. The zero-order valence-corrected chi connectivity index (χ0v) is 14.5. The molecule has 0 radical (unpaired) electrons. The molecule has 1 aliphatic rings. The van der Waals surface area contributed by atoms with Gasteiger partial charge in [0.1, 0.15) is 12.4 Å². The van der Waals surface area contributed by atoms with Crippen LogP contribution >= 0.6 is 0 Å². The molecule has 1 atom stereocenters. The number of methoxy groups -OCH3 is 1. The Kier molecular flexibility index (Phi) is 5.49. The van der Waals surface area contributed by atoms with Crippen molar-refractivity contribution in [2.45, 2.75) is 32.2 Å². The molecule has 0 saturated carbocycles. The molecule has 8 heteroatoms. The van der Waals surface area contributed by atoms with Crippen LogP contribution in [0.4, 0.5) is 11.8 Å². The van der Waals surface area contributed by atoms with Crippen molar-refractivity contribution in [2.24, 2.45) is 0 Å². The summed E-state index contributed by atoms with van der Waals surface area (Å²) in [6.07, 6.45) is 6.21. The number of hydrogen-bond donors (Lipinski definition) is 1. The third kappa shape index (κ3) is 4.27. The molecule has 25 heavy (non-hydrogen) atoms. The number of carbonyl (C=O) groups excluding carboxylic acids is 1. The highest BCUT2D eigenvalue weighted by Gasteiger charge is 2.30. The Hall–Kier alpha value is -2.61. The molecule has 1 aliphatic heterocycles. The summed E-state index contributed by atoms with van der Waals surface area (Å²) in [7, 11) is 1.53. The molecule has 2 aromatic heterocycles. The maximum absolute atomic E-state index is 12.4. The second-order valence-corrected chi connectivity index (χ2v) is 5.98. The molecule has 3 rings (SSSR count). The van der Waals surface area contributed by atoms with Gasteiger partial charge in [-0.05, 0) is 32.3 Å². The largest absolute Gasteiger partial charge is 0.375 e. The minimum absolute atomic E-state index is 0.0294. The van der Waals surface area contributed by atoms with Gasteiger partial charge in [-0.2, -0.15) is 0 Å². The predicted molar refractivity (Wildman–Crippen MR) is 92.3 cm³/mol. The fourth-order valence-electron chi connectivity index (χ4n) is 2.99. The minimum Gasteiger partial charge on any atom is -0.375 e. The highest BCUT2D eigenvalue weighted by molar-refractivity contribution is 5.78. The SMILES string of the molecule is COCC(=O)N1CCCC[C@H]1c1nc(C)cc(Nc2ncccn2)n1. The van der Waals surface area contributed by atoms with E-state index >= 15 is 0 Å². The van der Waals surface area contributed by atoms with Crippen molar-refractivity contribution in [3.63, 3.8) is 0 Å². The average Bonchev–Trinajstić information content (AvgIpc) is 2.62. The first-order chi connectivity index (χ1) is 12.2. The number of nitrogens with one attached hydrogen (secondary N) is 1. The van der Waals surface area contributed by atoms with E-state index in [0.29, 0.717) is 24.1 Å². The Balaban J connectivity index is 1.86. The van der Waals surface area contributed by atoms with E-state index in [0.717, 1.165) is 25.0 Å². The molecule has 1 fully saturated rings. The summed E-state index contributed by atoms with van der Waals surface area (Å²) < 4.78 is 5.01. The molecule has 0 bridgehead atoms. The molecule has 132 valence electrons. The quantitative estimate of drug-likeness (QED) is 0.888. The molecule has 0 aliphatic carbocycles. The van der Waals surface area contributed by atoms with Gasteiger partial charge in [-0.25, -0.2) is 19.9 Å². The van der Waals surface area contributed by atoms with Gasteiger partial charge in [-0.1, -0.05) is 0 Å². The molecule has 0 aromatic carbocycles. The van der Waals surface area contributed by atoms with E-state index in [-0.39, 0.29) is 18.6 Å². The van der Waals surface area contributed by atoms with E-state index in [9.17, 15) is 4.79 Å². The number of aromatic nitrogens is 4. The highest BCUT2D eigenvalue weighted by Crippen LogP contribution is 2.30. The number of amides is 1. The van der Waals surface area contributed by atoms with Crippen molar-refractivity contribution in [1.82, 2.24) is 24.8 Å². The van der Waals surface area contributed by atoms with Crippen molar-refractivity contribution >= 4 is 17.7 Å². The maximum atomic E-state index is 12.4. The lowest BCUT2D eigenvalue weighted by Crippen LogP contribution is -2.41. The third-order valence-corrected chi connectivity index (χ3v) is 4.07. The molecule has 3 heterocycles. The van der Waals surface area contributed by atoms with Crippen LogP contribution < -0.4 is 5.32 Å². The van der Waals surface area contributed by atoms with Crippen LogP contribution in [0.1, 0.15) is 36.8 Å². The first kappa shape index (κ1) is 17.2. The van der Waals surface area contributed by atoms with Gasteiger partial charge in [0.2, 0.25) is 11.9 Å². The number of anilines is 2. The van der Waals surface area contributed by atoms with Gasteiger partial charge in [0.15, 0.2) is 5.82 Å². The summed E-state index contributed by atoms with van der Waals surface area (Å²) in [5, 5.41) is 3.09. The summed E-state index contributed by atoms with van der Waals surface area (Å²) in [5.41, 5.74) is 0.827. The number of likely N-dealkylation sites (tertiary alicyclic amines) is 1. The Bertz CT molecular complexity index is 724. The lowest BCUT2D eigenvalue weighted by molar-refractivity contribution is -0.139. The number of nitrogens with zero attached hydrogens (tertiary/aromatic N) is 5. The lowest BCUT2D eigenvalue weighted by atomic mass is 10.0. The summed E-state index contributed by atoms with van der Waals surface area (Å²) in [4.78, 5) is 31.6. The molecular formula is C17H22N6O2. The van der Waals surface area contributed by atoms with Crippen LogP contribution in [0.5, 0.6) is 0 Å². The van der Waals surface area contributed by atoms with Crippen molar-refractivity contribution in [2.75, 3.05) is 25.6 Å². The van der Waals surface area contributed by atoms with E-state index in [2.05, 4.69) is 25.3 Å². The van der Waals surface area contributed by atoms with Crippen molar-refractivity contribution in [3.8, 4) is 0 Å². The van der Waals surface area contributed by atoms with Gasteiger partial charge in [0, 0.05) is 37.8 Å². The van der Waals surface area contributed by atoms with Crippen LogP contribution in [-0.4, -0.2) is 51.0 Å². The minimum atomic E-state index is -0.131. The van der Waals surface area contributed by atoms with E-state index in [4.69, 9.17) is 4.74 Å². The third-order valence-electron chi connectivity index (χ3n) is 4.07. The zero-order chi connectivity index (χ0) is 17.6. The maximum Gasteiger partial charge on any atom is 0.249 e. The molecule has 2 aromatic rings. The lowest BCUT2D eigenvalue weighted by Gasteiger charge is -2.34. The van der Waals surface area contributed by atoms with Crippen LogP contribution in [0.15, 0.2) is 24.5 Å². The summed E-state index contributed by atoms with van der Waals surface area (Å²) in [6, 6.07) is 3.46. The van der Waals surface area contributed by atoms with Crippen LogP contribution in [-0.2, 0) is 9.53 Å². The van der Waals surface area contributed by atoms with Crippen LogP contribution in [0.3, 0.4) is 0 Å². The summed E-state index contributed by atoms with van der Waals surface area (Å²) >= 11 is 0. The average molecular weight is 342 g/mol.